The topological polar surface area (TPSA) is 158 Å². The molecule has 1 N–H and O–H groups in total. The molecule has 1 aliphatic rings. The average molecular weight is 798 g/mol. The lowest BCUT2D eigenvalue weighted by atomic mass is 9.98. The molecule has 16 nitrogen and oxygen atoms in total. The molecule has 16 heteroatoms. The molecule has 0 radical (unpaired) electrons. The SMILES string of the molecule is COCCOCCOCCOCCOCCOCCOCCOCCOCCOCCOCCOCCONC(=O)OCC1c2ccccc2-c2ccccc21. The van der Waals surface area contributed by atoms with Crippen molar-refractivity contribution in [3.8, 4) is 11.1 Å². The summed E-state index contributed by atoms with van der Waals surface area (Å²) >= 11 is 0. The minimum atomic E-state index is -0.638. The summed E-state index contributed by atoms with van der Waals surface area (Å²) in [7, 11) is 1.64. The minimum absolute atomic E-state index is 0.00679. The van der Waals surface area contributed by atoms with Crippen LogP contribution in [0.3, 0.4) is 0 Å². The van der Waals surface area contributed by atoms with Gasteiger partial charge in [-0.1, -0.05) is 48.5 Å². The lowest BCUT2D eigenvalue weighted by molar-refractivity contribution is -0.0321. The van der Waals surface area contributed by atoms with Gasteiger partial charge in [-0.25, -0.2) is 4.79 Å². The number of nitrogens with one attached hydrogen (secondary N) is 1. The van der Waals surface area contributed by atoms with Gasteiger partial charge < -0.3 is 61.6 Å². The van der Waals surface area contributed by atoms with E-state index in [0.717, 1.165) is 11.1 Å². The van der Waals surface area contributed by atoms with Gasteiger partial charge in [-0.2, -0.15) is 5.48 Å². The Hall–Kier alpha value is -2.81. The third kappa shape index (κ3) is 22.8. The van der Waals surface area contributed by atoms with E-state index in [4.69, 9.17) is 66.4 Å². The predicted octanol–water partition coefficient (Wildman–Crippen LogP) is 3.29. The lowest BCUT2D eigenvalue weighted by Gasteiger charge is -2.14. The van der Waals surface area contributed by atoms with Crippen molar-refractivity contribution in [3.05, 3.63) is 59.7 Å². The van der Waals surface area contributed by atoms with E-state index in [0.29, 0.717) is 152 Å². The van der Waals surface area contributed by atoms with Gasteiger partial charge in [0.25, 0.3) is 0 Å². The van der Waals surface area contributed by atoms with E-state index in [1.54, 1.807) is 7.11 Å². The third-order valence-electron chi connectivity index (χ3n) is 7.98. The number of hydrogen-bond acceptors (Lipinski definition) is 15. The Morgan fingerprint density at radius 2 is 0.714 bits per heavy atom. The summed E-state index contributed by atoms with van der Waals surface area (Å²) < 4.78 is 70.4. The van der Waals surface area contributed by atoms with Crippen molar-refractivity contribution < 1.29 is 71.2 Å². The largest absolute Gasteiger partial charge is 0.447 e. The molecule has 0 bridgehead atoms. The van der Waals surface area contributed by atoms with Crippen LogP contribution in [0.2, 0.25) is 0 Å². The van der Waals surface area contributed by atoms with Gasteiger partial charge in [-0.05, 0) is 22.3 Å². The molecule has 2 aromatic rings. The van der Waals surface area contributed by atoms with Crippen molar-refractivity contribution in [1.29, 1.82) is 0 Å². The summed E-state index contributed by atoms with van der Waals surface area (Å²) in [6, 6.07) is 16.4. The summed E-state index contributed by atoms with van der Waals surface area (Å²) in [4.78, 5) is 17.3. The quantitative estimate of drug-likeness (QED) is 0.0776. The van der Waals surface area contributed by atoms with Crippen LogP contribution in [-0.4, -0.2) is 178 Å². The van der Waals surface area contributed by atoms with Gasteiger partial charge in [0.2, 0.25) is 0 Å². The van der Waals surface area contributed by atoms with Crippen LogP contribution in [0, 0.1) is 0 Å². The molecule has 0 atom stereocenters. The highest BCUT2D eigenvalue weighted by Gasteiger charge is 2.29. The molecule has 0 aliphatic heterocycles. The number of hydrogen-bond donors (Lipinski definition) is 1. The zero-order chi connectivity index (χ0) is 39.4. The van der Waals surface area contributed by atoms with E-state index in [1.807, 2.05) is 24.3 Å². The van der Waals surface area contributed by atoms with Gasteiger partial charge >= 0.3 is 6.09 Å². The standard InChI is InChI=1S/C40H63NO15/c1-43-10-11-44-12-13-45-14-15-46-16-17-47-18-19-48-20-21-49-22-23-50-24-25-51-26-27-52-28-29-53-30-31-54-32-33-56-41-40(42)55-34-39-37-8-4-2-6-35(37)36-7-3-5-9-38(36)39/h2-9,39H,10-34H2,1H3,(H,41,42). The summed E-state index contributed by atoms with van der Waals surface area (Å²) in [6.45, 7) is 11.6. The van der Waals surface area contributed by atoms with Gasteiger partial charge in [0.1, 0.15) is 6.61 Å². The third-order valence-corrected chi connectivity index (χ3v) is 7.98. The molecule has 0 saturated carbocycles. The van der Waals surface area contributed by atoms with Crippen LogP contribution < -0.4 is 5.48 Å². The number of ether oxygens (including phenoxy) is 13. The van der Waals surface area contributed by atoms with Crippen molar-refractivity contribution in [2.75, 3.05) is 172 Å². The molecule has 0 saturated heterocycles. The molecule has 1 aliphatic carbocycles. The number of carbonyl (C=O) groups excluding carboxylic acids is 1. The van der Waals surface area contributed by atoms with Gasteiger partial charge in [-0.3, -0.25) is 4.84 Å². The highest BCUT2D eigenvalue weighted by atomic mass is 16.7. The zero-order valence-electron chi connectivity index (χ0n) is 33.0. The van der Waals surface area contributed by atoms with Crippen molar-refractivity contribution in [2.24, 2.45) is 0 Å². The predicted molar refractivity (Wildman–Crippen MR) is 205 cm³/mol. The summed E-state index contributed by atoms with van der Waals surface area (Å²) in [5.74, 6) is -0.00679. The molecule has 318 valence electrons. The first-order valence-corrected chi connectivity index (χ1v) is 19.4. The molecule has 1 amide bonds. The van der Waals surface area contributed by atoms with Crippen LogP contribution in [0.4, 0.5) is 4.79 Å². The number of fused-ring (bicyclic) bond motifs is 3. The fourth-order valence-electron chi connectivity index (χ4n) is 5.28. The van der Waals surface area contributed by atoms with E-state index < -0.39 is 6.09 Å². The van der Waals surface area contributed by atoms with Crippen LogP contribution in [0.1, 0.15) is 17.0 Å². The van der Waals surface area contributed by atoms with E-state index in [9.17, 15) is 4.79 Å². The minimum Gasteiger partial charge on any atom is -0.447 e. The van der Waals surface area contributed by atoms with Crippen LogP contribution in [0.25, 0.3) is 11.1 Å². The number of amides is 1. The Morgan fingerprint density at radius 1 is 0.429 bits per heavy atom. The number of methoxy groups -OCH3 is 1. The molecule has 0 spiro atoms. The number of carbonyl (C=O) groups is 1. The van der Waals surface area contributed by atoms with Crippen molar-refractivity contribution in [3.63, 3.8) is 0 Å². The number of rotatable bonds is 39. The zero-order valence-corrected chi connectivity index (χ0v) is 33.0. The second-order valence-corrected chi connectivity index (χ2v) is 12.0. The molecule has 3 rings (SSSR count). The molecule has 56 heavy (non-hydrogen) atoms. The Balaban J connectivity index is 0.936. The highest BCUT2D eigenvalue weighted by Crippen LogP contribution is 2.44. The Kier molecular flexibility index (Phi) is 29.1. The van der Waals surface area contributed by atoms with E-state index in [2.05, 4.69) is 29.7 Å². The van der Waals surface area contributed by atoms with Gasteiger partial charge in [0, 0.05) is 13.0 Å². The Bertz CT molecular complexity index is 1180. The summed E-state index contributed by atoms with van der Waals surface area (Å²) in [6.07, 6.45) is -0.638. The Labute approximate surface area is 331 Å². The van der Waals surface area contributed by atoms with Crippen LogP contribution in [0.5, 0.6) is 0 Å². The summed E-state index contributed by atoms with van der Waals surface area (Å²) in [5.41, 5.74) is 6.97. The maximum absolute atomic E-state index is 12.1. The highest BCUT2D eigenvalue weighted by molar-refractivity contribution is 5.79. The fraction of sp³-hybridized carbons (Fsp3) is 0.675. The van der Waals surface area contributed by atoms with Crippen LogP contribution in [0.15, 0.2) is 48.5 Å². The van der Waals surface area contributed by atoms with Gasteiger partial charge in [0.05, 0.1) is 159 Å². The number of benzene rings is 2. The Morgan fingerprint density at radius 3 is 1.04 bits per heavy atom. The van der Waals surface area contributed by atoms with E-state index in [-0.39, 0.29) is 19.1 Å². The molecule has 0 aromatic heterocycles. The second kappa shape index (κ2) is 34.3. The molecule has 0 fully saturated rings. The lowest BCUT2D eigenvalue weighted by Crippen LogP contribution is -2.28. The van der Waals surface area contributed by atoms with E-state index >= 15 is 0 Å². The summed E-state index contributed by atoms with van der Waals surface area (Å²) in [5, 5.41) is 0. The molecular weight excluding hydrogens is 734 g/mol. The van der Waals surface area contributed by atoms with Crippen molar-refractivity contribution in [2.45, 2.75) is 5.92 Å². The van der Waals surface area contributed by atoms with Gasteiger partial charge in [0.15, 0.2) is 0 Å². The normalized spacial score (nSPS) is 12.2. The smallest absolute Gasteiger partial charge is 0.431 e. The number of hydroxylamine groups is 1. The van der Waals surface area contributed by atoms with Crippen LogP contribution >= 0.6 is 0 Å². The maximum atomic E-state index is 12.1. The fourth-order valence-corrected chi connectivity index (χ4v) is 5.28. The molecule has 0 unspecified atom stereocenters. The van der Waals surface area contributed by atoms with Crippen LogP contribution in [-0.2, 0) is 66.4 Å². The first-order valence-electron chi connectivity index (χ1n) is 19.4. The van der Waals surface area contributed by atoms with Gasteiger partial charge in [-0.15, -0.1) is 0 Å². The molecule has 2 aromatic carbocycles. The molecule has 0 heterocycles. The monoisotopic (exact) mass is 797 g/mol. The first-order chi connectivity index (χ1) is 27.8. The average Bonchev–Trinajstić information content (AvgIpc) is 3.54. The second-order valence-electron chi connectivity index (χ2n) is 12.0. The maximum Gasteiger partial charge on any atom is 0.431 e. The first kappa shape index (κ1) is 47.6. The van der Waals surface area contributed by atoms with Crippen molar-refractivity contribution in [1.82, 2.24) is 5.48 Å². The van der Waals surface area contributed by atoms with Crippen molar-refractivity contribution >= 4 is 6.09 Å². The molecular formula is C40H63NO15. The van der Waals surface area contributed by atoms with E-state index in [1.165, 1.54) is 11.1 Å².